The minimum atomic E-state index is 0.329. The second-order valence-electron chi connectivity index (χ2n) is 7.18. The zero-order valence-corrected chi connectivity index (χ0v) is 21.5. The van der Waals surface area contributed by atoms with Crippen molar-refractivity contribution in [1.82, 2.24) is 34.7 Å². The summed E-state index contributed by atoms with van der Waals surface area (Å²) in [6, 6.07) is 19.9. The molecule has 0 amide bonds. The van der Waals surface area contributed by atoms with Gasteiger partial charge in [-0.1, -0.05) is 42.5 Å². The Balaban J connectivity index is 0.000000186. The molecule has 0 saturated heterocycles. The highest BCUT2D eigenvalue weighted by atomic mass is 32.1. The van der Waals surface area contributed by atoms with Crippen molar-refractivity contribution in [1.29, 1.82) is 5.26 Å². The van der Waals surface area contributed by atoms with Crippen molar-refractivity contribution in [3.05, 3.63) is 89.2 Å². The number of nitrogens with zero attached hydrogens (tertiary/aromatic N) is 8. The number of tetrazole rings is 1. The van der Waals surface area contributed by atoms with Crippen molar-refractivity contribution < 1.29 is 4.74 Å². The molecule has 0 atom stereocenters. The molecule has 182 valence electrons. The van der Waals surface area contributed by atoms with E-state index >= 15 is 0 Å². The van der Waals surface area contributed by atoms with Crippen LogP contribution in [0.1, 0.15) is 29.1 Å². The summed E-state index contributed by atoms with van der Waals surface area (Å²) in [5, 5.41) is 20.0. The van der Waals surface area contributed by atoms with E-state index < -0.39 is 0 Å². The molecule has 0 aliphatic rings. The molecule has 0 radical (unpaired) electrons. The highest BCUT2D eigenvalue weighted by molar-refractivity contribution is 7.18. The average Bonchev–Trinajstić information content (AvgIpc) is 3.55. The molecule has 3 aromatic heterocycles. The van der Waals surface area contributed by atoms with Crippen molar-refractivity contribution in [2.75, 3.05) is 0 Å². The third-order valence-corrected chi connectivity index (χ3v) is 5.29. The maximum atomic E-state index is 7.32. The van der Waals surface area contributed by atoms with Gasteiger partial charge in [-0.2, -0.15) is 5.26 Å². The Bertz CT molecular complexity index is 1250. The van der Waals surface area contributed by atoms with E-state index in [4.69, 9.17) is 10.00 Å². The normalized spacial score (nSPS) is 9.60. The molecular formula is C25H30N8OS. The smallest absolute Gasteiger partial charge is 0.171 e. The fraction of sp³-hybridized carbons (Fsp3) is 0.280. The maximum Gasteiger partial charge on any atom is 0.171 e. The number of imidazole rings is 1. The summed E-state index contributed by atoms with van der Waals surface area (Å²) in [6.45, 7) is 8.11. The lowest BCUT2D eigenvalue weighted by atomic mass is 10.2. The number of fused-ring (bicyclic) bond motifs is 1. The molecule has 10 heteroatoms. The van der Waals surface area contributed by atoms with Gasteiger partial charge in [0.05, 0.1) is 27.9 Å². The van der Waals surface area contributed by atoms with Crippen molar-refractivity contribution in [3.63, 3.8) is 0 Å². The Morgan fingerprint density at radius 2 is 1.71 bits per heavy atom. The van der Waals surface area contributed by atoms with Crippen LogP contribution in [0, 0.1) is 32.1 Å². The number of para-hydroxylation sites is 1. The summed E-state index contributed by atoms with van der Waals surface area (Å²) in [6.07, 6.45) is 3.71. The first-order chi connectivity index (χ1) is 16.9. The third-order valence-electron chi connectivity index (χ3n) is 4.33. The summed E-state index contributed by atoms with van der Waals surface area (Å²) in [4.78, 5) is 9.74. The van der Waals surface area contributed by atoms with Gasteiger partial charge >= 0.3 is 0 Å². The van der Waals surface area contributed by atoms with Crippen LogP contribution in [0.2, 0.25) is 0 Å². The maximum absolute atomic E-state index is 7.32. The first-order valence-electron chi connectivity index (χ1n) is 10.9. The fourth-order valence-corrected chi connectivity index (χ4v) is 3.45. The molecule has 9 nitrogen and oxygen atoms in total. The SMILES string of the molecule is CC#N.Cc1nc2ccccc2s1.Cc1nccn1C.Cc1nnn(COCc2ccccc2)n1. The fourth-order valence-electron chi connectivity index (χ4n) is 2.63. The van der Waals surface area contributed by atoms with Gasteiger partial charge in [0.15, 0.2) is 12.6 Å². The van der Waals surface area contributed by atoms with Gasteiger partial charge in [-0.25, -0.2) is 9.97 Å². The average molecular weight is 491 g/mol. The third kappa shape index (κ3) is 10.2. The Kier molecular flexibility index (Phi) is 11.7. The molecule has 0 bridgehead atoms. The molecule has 0 saturated carbocycles. The Morgan fingerprint density at radius 3 is 2.26 bits per heavy atom. The molecule has 5 rings (SSSR count). The number of benzene rings is 2. The van der Waals surface area contributed by atoms with Gasteiger partial charge in [-0.3, -0.25) is 0 Å². The second kappa shape index (κ2) is 15.1. The van der Waals surface area contributed by atoms with Crippen LogP contribution in [0.5, 0.6) is 0 Å². The minimum absolute atomic E-state index is 0.329. The van der Waals surface area contributed by atoms with E-state index in [0.717, 1.165) is 21.9 Å². The number of aromatic nitrogens is 7. The Hall–Kier alpha value is -3.94. The number of hydrogen-bond acceptors (Lipinski definition) is 8. The van der Waals surface area contributed by atoms with Gasteiger partial charge in [0, 0.05) is 26.4 Å². The van der Waals surface area contributed by atoms with Crippen LogP contribution in [0.15, 0.2) is 67.0 Å². The number of ether oxygens (including phenoxy) is 1. The molecule has 5 aromatic rings. The second-order valence-corrected chi connectivity index (χ2v) is 8.42. The van der Waals surface area contributed by atoms with Crippen LogP contribution < -0.4 is 0 Å². The summed E-state index contributed by atoms with van der Waals surface area (Å²) in [7, 11) is 1.97. The standard InChI is InChI=1S/C10H12N4O.C8H7NS.C5H8N2.C2H3N/c1-9-11-13-14(12-9)8-15-7-10-5-3-2-4-6-10;1-6-9-7-4-2-3-5-8(7)10-6;1-5-6-3-4-7(5)2;1-2-3/h2-6H,7-8H2,1H3;2-5H,1H3;3-4H,1-2H3;1H3. The van der Waals surface area contributed by atoms with Crippen LogP contribution >= 0.6 is 11.3 Å². The van der Waals surface area contributed by atoms with Crippen molar-refractivity contribution in [2.45, 2.75) is 41.0 Å². The Labute approximate surface area is 209 Å². The lowest BCUT2D eigenvalue weighted by Crippen LogP contribution is -2.06. The largest absolute Gasteiger partial charge is 0.353 e. The first-order valence-corrected chi connectivity index (χ1v) is 11.7. The van der Waals surface area contributed by atoms with Crippen LogP contribution in [0.25, 0.3) is 10.2 Å². The van der Waals surface area contributed by atoms with Crippen molar-refractivity contribution >= 4 is 21.6 Å². The summed E-state index contributed by atoms with van der Waals surface area (Å²) in [5.74, 6) is 1.71. The molecule has 3 heterocycles. The van der Waals surface area contributed by atoms with E-state index in [0.29, 0.717) is 19.2 Å². The molecular weight excluding hydrogens is 460 g/mol. The lowest BCUT2D eigenvalue weighted by Gasteiger charge is -2.02. The van der Waals surface area contributed by atoms with Crippen molar-refractivity contribution in [2.24, 2.45) is 7.05 Å². The van der Waals surface area contributed by atoms with E-state index in [1.54, 1.807) is 30.5 Å². The molecule has 0 unspecified atom stereocenters. The number of aryl methyl sites for hydroxylation is 4. The summed E-state index contributed by atoms with van der Waals surface area (Å²) >= 11 is 1.74. The van der Waals surface area contributed by atoms with E-state index in [1.165, 1.54) is 16.4 Å². The lowest BCUT2D eigenvalue weighted by molar-refractivity contribution is 0.0458. The predicted octanol–water partition coefficient (Wildman–Crippen LogP) is 5.02. The predicted molar refractivity (Wildman–Crippen MR) is 137 cm³/mol. The molecule has 0 aliphatic carbocycles. The van der Waals surface area contributed by atoms with E-state index in [-0.39, 0.29) is 0 Å². The number of rotatable bonds is 4. The molecule has 0 N–H and O–H groups in total. The highest BCUT2D eigenvalue weighted by Crippen LogP contribution is 2.19. The molecule has 0 aliphatic heterocycles. The molecule has 0 fully saturated rings. The van der Waals surface area contributed by atoms with Gasteiger partial charge in [-0.05, 0) is 43.7 Å². The van der Waals surface area contributed by atoms with Crippen LogP contribution in [-0.2, 0) is 25.1 Å². The minimum Gasteiger partial charge on any atom is -0.353 e. The van der Waals surface area contributed by atoms with Crippen LogP contribution in [0.4, 0.5) is 0 Å². The molecule has 0 spiro atoms. The van der Waals surface area contributed by atoms with Crippen LogP contribution in [0.3, 0.4) is 0 Å². The van der Waals surface area contributed by atoms with Gasteiger partial charge < -0.3 is 9.30 Å². The quantitative estimate of drug-likeness (QED) is 0.348. The van der Waals surface area contributed by atoms with E-state index in [1.807, 2.05) is 80.2 Å². The number of nitriles is 1. The highest BCUT2D eigenvalue weighted by Gasteiger charge is 1.97. The number of hydrogen-bond donors (Lipinski definition) is 0. The zero-order valence-electron chi connectivity index (χ0n) is 20.7. The van der Waals surface area contributed by atoms with Gasteiger partial charge in [-0.15, -0.1) is 26.3 Å². The van der Waals surface area contributed by atoms with E-state index in [9.17, 15) is 0 Å². The molecule has 35 heavy (non-hydrogen) atoms. The first kappa shape index (κ1) is 27.3. The monoisotopic (exact) mass is 490 g/mol. The molecule has 2 aromatic carbocycles. The summed E-state index contributed by atoms with van der Waals surface area (Å²) in [5.41, 5.74) is 2.25. The zero-order chi connectivity index (χ0) is 25.5. The topological polar surface area (TPSA) is 107 Å². The van der Waals surface area contributed by atoms with Gasteiger partial charge in [0.2, 0.25) is 0 Å². The van der Waals surface area contributed by atoms with Crippen molar-refractivity contribution in [3.8, 4) is 6.07 Å². The van der Waals surface area contributed by atoms with Crippen LogP contribution in [-0.4, -0.2) is 34.7 Å². The summed E-state index contributed by atoms with van der Waals surface area (Å²) < 4.78 is 8.67. The Morgan fingerprint density at radius 1 is 1.03 bits per heavy atom. The number of thiazole rings is 1. The van der Waals surface area contributed by atoms with Gasteiger partial charge in [0.25, 0.3) is 0 Å². The van der Waals surface area contributed by atoms with E-state index in [2.05, 4.69) is 31.4 Å². The van der Waals surface area contributed by atoms with Gasteiger partial charge in [0.1, 0.15) is 5.82 Å².